The highest BCUT2D eigenvalue weighted by Gasteiger charge is 2.07. The summed E-state index contributed by atoms with van der Waals surface area (Å²) in [6.07, 6.45) is 18.2. The largest absolute Gasteiger partial charge is 0.244 e. The SMILES string of the molecule is c1ccc2cc(C[n+]3ccn(CCCCCCn4cc[n+](Cc5ccc6ccccc6c5)c4)c3)ccc2c1. The Morgan fingerprint density at radius 3 is 1.39 bits per heavy atom. The summed E-state index contributed by atoms with van der Waals surface area (Å²) < 4.78 is 9.21. The normalized spacial score (nSPS) is 11.5. The van der Waals surface area contributed by atoms with Gasteiger partial charge in [-0.15, -0.1) is 0 Å². The van der Waals surface area contributed by atoms with E-state index < -0.39 is 0 Å². The number of unbranched alkanes of at least 4 members (excludes halogenated alkanes) is 3. The van der Waals surface area contributed by atoms with Crippen LogP contribution in [0.1, 0.15) is 36.8 Å². The molecule has 38 heavy (non-hydrogen) atoms. The molecule has 0 bridgehead atoms. The van der Waals surface area contributed by atoms with Crippen molar-refractivity contribution in [3.8, 4) is 0 Å². The summed E-state index contributed by atoms with van der Waals surface area (Å²) in [7, 11) is 0. The van der Waals surface area contributed by atoms with E-state index in [1.54, 1.807) is 0 Å². The maximum atomic E-state index is 2.32. The minimum Gasteiger partial charge on any atom is -0.237 e. The minimum atomic E-state index is 0.912. The fraction of sp³-hybridized carbons (Fsp3) is 0.235. The lowest BCUT2D eigenvalue weighted by Crippen LogP contribution is -2.31. The number of fused-ring (bicyclic) bond motifs is 2. The molecule has 0 radical (unpaired) electrons. The van der Waals surface area contributed by atoms with Crippen molar-refractivity contribution >= 4 is 21.5 Å². The first-order chi connectivity index (χ1) is 18.8. The van der Waals surface area contributed by atoms with Gasteiger partial charge < -0.3 is 0 Å². The minimum absolute atomic E-state index is 0.912. The number of hydrogen-bond acceptors (Lipinski definition) is 0. The second kappa shape index (κ2) is 11.5. The van der Waals surface area contributed by atoms with E-state index in [1.807, 2.05) is 0 Å². The number of benzene rings is 4. The van der Waals surface area contributed by atoms with Crippen molar-refractivity contribution in [3.63, 3.8) is 0 Å². The number of aromatic nitrogens is 4. The van der Waals surface area contributed by atoms with Crippen LogP contribution in [0.15, 0.2) is 122 Å². The van der Waals surface area contributed by atoms with Gasteiger partial charge >= 0.3 is 0 Å². The van der Waals surface area contributed by atoms with Gasteiger partial charge in [-0.2, -0.15) is 0 Å². The molecular formula is C34H36N4+2. The second-order valence-corrected chi connectivity index (χ2v) is 10.4. The monoisotopic (exact) mass is 500 g/mol. The molecule has 0 saturated carbocycles. The first-order valence-corrected chi connectivity index (χ1v) is 13.8. The van der Waals surface area contributed by atoms with Crippen molar-refractivity contribution in [2.75, 3.05) is 0 Å². The van der Waals surface area contributed by atoms with Crippen molar-refractivity contribution < 1.29 is 9.13 Å². The number of rotatable bonds is 11. The van der Waals surface area contributed by atoms with Crippen LogP contribution < -0.4 is 9.13 Å². The molecule has 4 aromatic carbocycles. The maximum absolute atomic E-state index is 2.32. The van der Waals surface area contributed by atoms with E-state index in [2.05, 4.69) is 141 Å². The van der Waals surface area contributed by atoms with Crippen molar-refractivity contribution in [2.45, 2.75) is 51.9 Å². The Balaban J connectivity index is 0.910. The Kier molecular flexibility index (Phi) is 7.30. The lowest BCUT2D eigenvalue weighted by Gasteiger charge is -2.02. The zero-order valence-corrected chi connectivity index (χ0v) is 22.0. The molecular weight excluding hydrogens is 464 g/mol. The average molecular weight is 501 g/mol. The summed E-state index contributed by atoms with van der Waals surface area (Å²) in [6, 6.07) is 30.7. The fourth-order valence-corrected chi connectivity index (χ4v) is 5.37. The van der Waals surface area contributed by atoms with Crippen molar-refractivity contribution in [3.05, 3.63) is 133 Å². The van der Waals surface area contributed by atoms with Crippen LogP contribution in [0.2, 0.25) is 0 Å². The molecule has 4 nitrogen and oxygen atoms in total. The van der Waals surface area contributed by atoms with Crippen LogP contribution in [-0.2, 0) is 26.2 Å². The van der Waals surface area contributed by atoms with E-state index in [0.717, 1.165) is 26.2 Å². The van der Waals surface area contributed by atoms with Gasteiger partial charge in [0.25, 0.3) is 0 Å². The summed E-state index contributed by atoms with van der Waals surface area (Å²) in [6.45, 7) is 3.99. The Morgan fingerprint density at radius 2 is 0.921 bits per heavy atom. The third kappa shape index (κ3) is 6.03. The third-order valence-electron chi connectivity index (χ3n) is 7.43. The van der Waals surface area contributed by atoms with Crippen LogP contribution in [0, 0.1) is 0 Å². The van der Waals surface area contributed by atoms with Crippen LogP contribution in [0.4, 0.5) is 0 Å². The summed E-state index contributed by atoms with van der Waals surface area (Å²) in [4.78, 5) is 0. The van der Waals surface area contributed by atoms with E-state index in [4.69, 9.17) is 0 Å². The third-order valence-corrected chi connectivity index (χ3v) is 7.43. The molecule has 190 valence electrons. The fourth-order valence-electron chi connectivity index (χ4n) is 5.37. The van der Waals surface area contributed by atoms with Gasteiger partial charge in [0.1, 0.15) is 37.9 Å². The second-order valence-electron chi connectivity index (χ2n) is 10.4. The molecule has 4 heteroatoms. The zero-order chi connectivity index (χ0) is 25.6. The number of aryl methyl sites for hydroxylation is 2. The number of nitrogens with zero attached hydrogens (tertiary/aromatic N) is 4. The summed E-state index contributed by atoms with van der Waals surface area (Å²) >= 11 is 0. The predicted octanol–water partition coefficient (Wildman–Crippen LogP) is 6.53. The van der Waals surface area contributed by atoms with E-state index in [1.165, 1.54) is 58.4 Å². The summed E-state index contributed by atoms with van der Waals surface area (Å²) in [5, 5.41) is 5.22. The van der Waals surface area contributed by atoms with Crippen molar-refractivity contribution in [1.29, 1.82) is 0 Å². The molecule has 0 fully saturated rings. The van der Waals surface area contributed by atoms with Crippen molar-refractivity contribution in [1.82, 2.24) is 9.13 Å². The van der Waals surface area contributed by atoms with E-state index in [9.17, 15) is 0 Å². The Labute approximate surface area is 225 Å². The zero-order valence-electron chi connectivity index (χ0n) is 22.0. The molecule has 0 spiro atoms. The average Bonchev–Trinajstić information content (AvgIpc) is 3.59. The molecule has 0 aliphatic rings. The predicted molar refractivity (Wildman–Crippen MR) is 154 cm³/mol. The lowest BCUT2D eigenvalue weighted by atomic mass is 10.1. The van der Waals surface area contributed by atoms with Gasteiger partial charge in [-0.05, 0) is 70.5 Å². The van der Waals surface area contributed by atoms with Gasteiger partial charge in [-0.25, -0.2) is 18.3 Å². The topological polar surface area (TPSA) is 17.6 Å². The number of hydrogen-bond donors (Lipinski definition) is 0. The summed E-state index contributed by atoms with van der Waals surface area (Å²) in [5.41, 5.74) is 2.69. The molecule has 0 atom stereocenters. The van der Waals surface area contributed by atoms with Gasteiger partial charge in [0.15, 0.2) is 0 Å². The van der Waals surface area contributed by atoms with Crippen molar-refractivity contribution in [2.24, 2.45) is 0 Å². The molecule has 0 aliphatic heterocycles. The quantitative estimate of drug-likeness (QED) is 0.142. The molecule has 0 N–H and O–H groups in total. The van der Waals surface area contributed by atoms with E-state index in [-0.39, 0.29) is 0 Å². The first kappa shape index (κ1) is 24.2. The van der Waals surface area contributed by atoms with Gasteiger partial charge in [0.05, 0.1) is 13.1 Å². The highest BCUT2D eigenvalue weighted by molar-refractivity contribution is 5.83. The Hall–Kier alpha value is -4.18. The Bertz CT molecular complexity index is 1520. The van der Waals surface area contributed by atoms with Gasteiger partial charge in [0.2, 0.25) is 12.7 Å². The first-order valence-electron chi connectivity index (χ1n) is 13.8. The smallest absolute Gasteiger partial charge is 0.237 e. The molecule has 0 amide bonds. The van der Waals surface area contributed by atoms with Gasteiger partial charge in [-0.1, -0.05) is 72.8 Å². The van der Waals surface area contributed by atoms with Crippen LogP contribution in [0.25, 0.3) is 21.5 Å². The molecule has 0 aliphatic carbocycles. The van der Waals surface area contributed by atoms with Crippen LogP contribution in [0.3, 0.4) is 0 Å². The highest BCUT2D eigenvalue weighted by atomic mass is 15.1. The Morgan fingerprint density at radius 1 is 0.474 bits per heavy atom. The van der Waals surface area contributed by atoms with E-state index in [0.29, 0.717) is 0 Å². The standard InChI is InChI=1S/C34H36N4/c1(7-17-35-19-21-37(27-35)25-29-13-15-31-9-3-5-11-33(31)23-29)2-8-18-36-20-22-38(28-36)26-30-14-16-32-10-4-6-12-34(32)24-30/h3-6,9-16,19-24,27-28H,1-2,7-8,17-18,25-26H2/q+2. The van der Waals surface area contributed by atoms with Gasteiger partial charge in [-0.3, -0.25) is 0 Å². The van der Waals surface area contributed by atoms with Crippen LogP contribution in [-0.4, -0.2) is 9.13 Å². The molecule has 6 rings (SSSR count). The maximum Gasteiger partial charge on any atom is 0.244 e. The number of imidazole rings is 2. The van der Waals surface area contributed by atoms with Crippen LogP contribution in [0.5, 0.6) is 0 Å². The molecule has 2 heterocycles. The van der Waals surface area contributed by atoms with E-state index >= 15 is 0 Å². The summed E-state index contributed by atoms with van der Waals surface area (Å²) in [5.74, 6) is 0. The molecule has 0 unspecified atom stereocenters. The lowest BCUT2D eigenvalue weighted by molar-refractivity contribution is -0.688. The van der Waals surface area contributed by atoms with Crippen LogP contribution >= 0.6 is 0 Å². The molecule has 0 saturated heterocycles. The highest BCUT2D eigenvalue weighted by Crippen LogP contribution is 2.16. The van der Waals surface area contributed by atoms with Gasteiger partial charge in [0, 0.05) is 0 Å². The molecule has 6 aromatic rings. The molecule has 2 aromatic heterocycles.